The van der Waals surface area contributed by atoms with Gasteiger partial charge in [0.1, 0.15) is 0 Å². The van der Waals surface area contributed by atoms with Crippen LogP contribution in [-0.2, 0) is 10.2 Å². The smallest absolute Gasteiger partial charge is 0.269 e. The molecule has 1 aromatic rings. The second kappa shape index (κ2) is 7.17. The van der Waals surface area contributed by atoms with Crippen molar-refractivity contribution >= 4 is 17.3 Å². The molecule has 0 unspecified atom stereocenters. The van der Waals surface area contributed by atoms with E-state index < -0.39 is 10.3 Å². The number of aliphatic hydroxyl groups excluding tert-OH is 1. The zero-order valence-corrected chi connectivity index (χ0v) is 12.7. The van der Waals surface area contributed by atoms with Crippen molar-refractivity contribution in [3.63, 3.8) is 0 Å². The normalized spacial score (nSPS) is 17.0. The molecule has 2 aliphatic rings. The Labute approximate surface area is 124 Å². The number of nitrogens with zero attached hydrogens (tertiary/aromatic N) is 1. The number of carbonyl (C=O) groups is 1. The van der Waals surface area contributed by atoms with Gasteiger partial charge in [0.15, 0.2) is 0 Å². The van der Waals surface area contributed by atoms with Crippen LogP contribution in [-0.4, -0.2) is 23.0 Å². The van der Waals surface area contributed by atoms with Gasteiger partial charge in [0, 0.05) is 24.9 Å². The van der Waals surface area contributed by atoms with E-state index in [0.29, 0.717) is 0 Å². The molecule has 1 heterocycles. The number of hydrogen-bond donors (Lipinski definition) is 2. The molecular weight excluding hydrogens is 272 g/mol. The zero-order chi connectivity index (χ0) is 16.0. The minimum absolute atomic E-state index is 0.00509. The Morgan fingerprint density at radius 1 is 1.24 bits per heavy atom. The molecule has 0 bridgehead atoms. The number of anilines is 1. The van der Waals surface area contributed by atoms with Gasteiger partial charge in [-0.2, -0.15) is 0 Å². The number of rotatable bonds is 1. The predicted octanol–water partition coefficient (Wildman–Crippen LogP) is 2.99. The number of nitro groups is 1. The van der Waals surface area contributed by atoms with Crippen molar-refractivity contribution in [2.45, 2.75) is 44.9 Å². The van der Waals surface area contributed by atoms with Gasteiger partial charge in [0.05, 0.1) is 10.3 Å². The van der Waals surface area contributed by atoms with Crippen molar-refractivity contribution in [3.05, 3.63) is 33.9 Å². The van der Waals surface area contributed by atoms with Gasteiger partial charge >= 0.3 is 0 Å². The third kappa shape index (κ3) is 2.90. The Bertz CT molecular complexity index is 522. The lowest BCUT2D eigenvalue weighted by atomic mass is 9.80. The molecule has 3 rings (SSSR count). The van der Waals surface area contributed by atoms with Crippen LogP contribution in [0.25, 0.3) is 0 Å². The van der Waals surface area contributed by atoms with Crippen molar-refractivity contribution in [1.29, 1.82) is 0 Å². The van der Waals surface area contributed by atoms with E-state index in [1.54, 1.807) is 12.1 Å². The van der Waals surface area contributed by atoms with Crippen molar-refractivity contribution in [3.8, 4) is 0 Å². The largest absolute Gasteiger partial charge is 0.400 e. The van der Waals surface area contributed by atoms with E-state index in [2.05, 4.69) is 5.32 Å². The average Bonchev–Trinajstić information content (AvgIpc) is 3.11. The van der Waals surface area contributed by atoms with Crippen LogP contribution in [0.3, 0.4) is 0 Å². The fraction of sp³-hybridized carbons (Fsp3) is 0.533. The summed E-state index contributed by atoms with van der Waals surface area (Å²) in [5, 5.41) is 20.6. The van der Waals surface area contributed by atoms with E-state index in [1.165, 1.54) is 6.07 Å². The number of hydrogen-bond acceptors (Lipinski definition) is 4. The van der Waals surface area contributed by atoms with Crippen LogP contribution in [0.1, 0.15) is 45.1 Å². The minimum Gasteiger partial charge on any atom is -0.400 e. The fourth-order valence-corrected chi connectivity index (χ4v) is 2.99. The molecule has 0 saturated heterocycles. The SMILES string of the molecule is CC.CO.O=C1Nc2ccc([N+](=O)[O-])cc2C12CCCC2. The summed E-state index contributed by atoms with van der Waals surface area (Å²) in [5.41, 5.74) is 1.12. The molecule has 0 radical (unpaired) electrons. The van der Waals surface area contributed by atoms with Gasteiger partial charge in [0.2, 0.25) is 5.91 Å². The monoisotopic (exact) mass is 294 g/mol. The summed E-state index contributed by atoms with van der Waals surface area (Å²) in [4.78, 5) is 22.4. The standard InChI is InChI=1S/C12H12N2O3.C2H6.CH4O/c15-11-12(5-1-2-6-12)9-7-8(14(16)17)3-4-10(9)13-11;2*1-2/h3-4,7H,1-2,5-6H2,(H,13,15);1-2H3;2H,1H3. The maximum absolute atomic E-state index is 12.1. The van der Waals surface area contributed by atoms with Gasteiger partial charge in [0.25, 0.3) is 5.69 Å². The van der Waals surface area contributed by atoms with Crippen molar-refractivity contribution in [1.82, 2.24) is 0 Å². The molecular formula is C15H22N2O4. The molecule has 21 heavy (non-hydrogen) atoms. The number of amides is 1. The first-order chi connectivity index (χ1) is 10.1. The second-order valence-electron chi connectivity index (χ2n) is 4.73. The summed E-state index contributed by atoms with van der Waals surface area (Å²) in [6.45, 7) is 4.00. The second-order valence-corrected chi connectivity index (χ2v) is 4.73. The highest BCUT2D eigenvalue weighted by molar-refractivity contribution is 6.06. The molecule has 116 valence electrons. The van der Waals surface area contributed by atoms with Gasteiger partial charge < -0.3 is 10.4 Å². The number of carbonyl (C=O) groups excluding carboxylic acids is 1. The lowest BCUT2D eigenvalue weighted by molar-refractivity contribution is -0.384. The van der Waals surface area contributed by atoms with Gasteiger partial charge in [-0.25, -0.2) is 0 Å². The first-order valence-electron chi connectivity index (χ1n) is 7.19. The minimum atomic E-state index is -0.499. The quantitative estimate of drug-likeness (QED) is 0.615. The average molecular weight is 294 g/mol. The third-order valence-corrected chi connectivity index (χ3v) is 3.87. The third-order valence-electron chi connectivity index (χ3n) is 3.87. The molecule has 1 aliphatic carbocycles. The number of fused-ring (bicyclic) bond motifs is 2. The molecule has 0 aromatic heterocycles. The molecule has 0 atom stereocenters. The highest BCUT2D eigenvalue weighted by atomic mass is 16.6. The van der Waals surface area contributed by atoms with E-state index in [4.69, 9.17) is 5.11 Å². The topological polar surface area (TPSA) is 92.5 Å². The number of nitro benzene ring substituents is 1. The summed E-state index contributed by atoms with van der Waals surface area (Å²) < 4.78 is 0. The summed E-state index contributed by atoms with van der Waals surface area (Å²) in [5.74, 6) is 0.00509. The van der Waals surface area contributed by atoms with Crippen LogP contribution < -0.4 is 5.32 Å². The predicted molar refractivity (Wildman–Crippen MR) is 81.4 cm³/mol. The lowest BCUT2D eigenvalue weighted by Gasteiger charge is -2.20. The van der Waals surface area contributed by atoms with E-state index >= 15 is 0 Å². The van der Waals surface area contributed by atoms with E-state index in [0.717, 1.165) is 44.0 Å². The van der Waals surface area contributed by atoms with E-state index in [1.807, 2.05) is 13.8 Å². The molecule has 1 amide bonds. The molecule has 1 spiro atoms. The molecule has 1 saturated carbocycles. The van der Waals surface area contributed by atoms with Gasteiger partial charge in [-0.3, -0.25) is 14.9 Å². The summed E-state index contributed by atoms with van der Waals surface area (Å²) in [7, 11) is 1.00. The fourth-order valence-electron chi connectivity index (χ4n) is 2.99. The molecule has 1 aromatic carbocycles. The van der Waals surface area contributed by atoms with Crippen LogP contribution in [0.4, 0.5) is 11.4 Å². The van der Waals surface area contributed by atoms with E-state index in [-0.39, 0.29) is 11.6 Å². The Hall–Kier alpha value is -1.95. The highest BCUT2D eigenvalue weighted by Gasteiger charge is 2.48. The Balaban J connectivity index is 0.000000510. The molecule has 1 fully saturated rings. The van der Waals surface area contributed by atoms with Gasteiger partial charge in [-0.15, -0.1) is 0 Å². The van der Waals surface area contributed by atoms with Crippen LogP contribution in [0.2, 0.25) is 0 Å². The van der Waals surface area contributed by atoms with Crippen molar-refractivity contribution < 1.29 is 14.8 Å². The lowest BCUT2D eigenvalue weighted by Crippen LogP contribution is -2.30. The number of non-ortho nitro benzene ring substituents is 1. The van der Waals surface area contributed by atoms with Crippen LogP contribution in [0.15, 0.2) is 18.2 Å². The summed E-state index contributed by atoms with van der Waals surface area (Å²) in [6, 6.07) is 4.63. The molecule has 1 aliphatic heterocycles. The van der Waals surface area contributed by atoms with Crippen molar-refractivity contribution in [2.24, 2.45) is 0 Å². The summed E-state index contributed by atoms with van der Waals surface area (Å²) >= 11 is 0. The Morgan fingerprint density at radius 2 is 1.81 bits per heavy atom. The van der Waals surface area contributed by atoms with E-state index in [9.17, 15) is 14.9 Å². The first-order valence-corrected chi connectivity index (χ1v) is 7.19. The van der Waals surface area contributed by atoms with Crippen LogP contribution in [0.5, 0.6) is 0 Å². The number of benzene rings is 1. The molecule has 6 heteroatoms. The maximum atomic E-state index is 12.1. The zero-order valence-electron chi connectivity index (χ0n) is 12.7. The number of aliphatic hydroxyl groups is 1. The first kappa shape index (κ1) is 17.1. The van der Waals surface area contributed by atoms with Gasteiger partial charge in [-0.05, 0) is 24.5 Å². The molecule has 2 N–H and O–H groups in total. The van der Waals surface area contributed by atoms with Crippen LogP contribution in [0, 0.1) is 10.1 Å². The maximum Gasteiger partial charge on any atom is 0.269 e. The Morgan fingerprint density at radius 3 is 2.33 bits per heavy atom. The Kier molecular flexibility index (Phi) is 5.84. The summed E-state index contributed by atoms with van der Waals surface area (Å²) in [6.07, 6.45) is 3.62. The molecule has 6 nitrogen and oxygen atoms in total. The van der Waals surface area contributed by atoms with Crippen molar-refractivity contribution in [2.75, 3.05) is 12.4 Å². The van der Waals surface area contributed by atoms with Gasteiger partial charge in [-0.1, -0.05) is 26.7 Å². The highest BCUT2D eigenvalue weighted by Crippen LogP contribution is 2.49. The number of nitrogens with one attached hydrogen (secondary N) is 1. The van der Waals surface area contributed by atoms with Crippen LogP contribution >= 0.6 is 0 Å².